The summed E-state index contributed by atoms with van der Waals surface area (Å²) >= 11 is 5.95. The molecule has 2 aromatic rings. The summed E-state index contributed by atoms with van der Waals surface area (Å²) in [7, 11) is 0. The fourth-order valence-corrected chi connectivity index (χ4v) is 2.59. The van der Waals surface area contributed by atoms with Crippen molar-refractivity contribution in [1.82, 2.24) is 5.43 Å². The molecule has 0 radical (unpaired) electrons. The van der Waals surface area contributed by atoms with Crippen LogP contribution < -0.4 is 5.43 Å². The van der Waals surface area contributed by atoms with E-state index in [1.54, 1.807) is 0 Å². The fourth-order valence-electron chi connectivity index (χ4n) is 2.46. The second-order valence-electron chi connectivity index (χ2n) is 4.66. The van der Waals surface area contributed by atoms with Gasteiger partial charge in [-0.05, 0) is 29.7 Å². The van der Waals surface area contributed by atoms with Gasteiger partial charge in [-0.2, -0.15) is 5.10 Å². The maximum absolute atomic E-state index is 5.95. The van der Waals surface area contributed by atoms with Crippen LogP contribution in [-0.2, 0) is 0 Å². The van der Waals surface area contributed by atoms with Crippen molar-refractivity contribution in [2.75, 3.05) is 6.54 Å². The quantitative estimate of drug-likeness (QED) is 0.881. The second kappa shape index (κ2) is 5.45. The van der Waals surface area contributed by atoms with E-state index in [-0.39, 0.29) is 0 Å². The van der Waals surface area contributed by atoms with E-state index in [1.165, 1.54) is 5.56 Å². The van der Waals surface area contributed by atoms with E-state index >= 15 is 0 Å². The third kappa shape index (κ3) is 2.64. The maximum atomic E-state index is 5.95. The van der Waals surface area contributed by atoms with Gasteiger partial charge in [0.1, 0.15) is 0 Å². The minimum atomic E-state index is 0.351. The Kier molecular flexibility index (Phi) is 3.51. The second-order valence-corrected chi connectivity index (χ2v) is 5.10. The highest BCUT2D eigenvalue weighted by molar-refractivity contribution is 6.30. The van der Waals surface area contributed by atoms with Gasteiger partial charge in [-0.1, -0.05) is 54.1 Å². The first-order valence-electron chi connectivity index (χ1n) is 6.46. The number of hydrogen-bond acceptors (Lipinski definition) is 2. The van der Waals surface area contributed by atoms with Gasteiger partial charge in [-0.15, -0.1) is 0 Å². The molecule has 0 aliphatic carbocycles. The summed E-state index contributed by atoms with van der Waals surface area (Å²) in [5, 5.41) is 5.26. The Bertz CT molecular complexity index is 575. The van der Waals surface area contributed by atoms with Crippen molar-refractivity contribution in [3.63, 3.8) is 0 Å². The molecule has 1 aliphatic heterocycles. The first-order chi connectivity index (χ1) is 9.34. The first kappa shape index (κ1) is 12.2. The van der Waals surface area contributed by atoms with Crippen molar-refractivity contribution in [2.45, 2.75) is 12.3 Å². The van der Waals surface area contributed by atoms with Crippen molar-refractivity contribution in [1.29, 1.82) is 0 Å². The summed E-state index contributed by atoms with van der Waals surface area (Å²) < 4.78 is 0. The average molecular weight is 271 g/mol. The summed E-state index contributed by atoms with van der Waals surface area (Å²) in [5.41, 5.74) is 6.64. The lowest BCUT2D eigenvalue weighted by Crippen LogP contribution is -2.27. The van der Waals surface area contributed by atoms with Crippen LogP contribution in [-0.4, -0.2) is 12.3 Å². The van der Waals surface area contributed by atoms with E-state index in [1.807, 2.05) is 30.3 Å². The van der Waals surface area contributed by atoms with Gasteiger partial charge >= 0.3 is 0 Å². The highest BCUT2D eigenvalue weighted by atomic mass is 35.5. The molecule has 0 amide bonds. The molecule has 0 spiro atoms. The molecule has 1 aliphatic rings. The molecule has 96 valence electrons. The lowest BCUT2D eigenvalue weighted by Gasteiger charge is -2.24. The molecular formula is C16H15ClN2. The standard InChI is InChI=1S/C16H15ClN2/c17-14-8-6-13(7-9-14)16-15(10-11-18-19-16)12-4-2-1-3-5-12/h1-9,15,18H,10-11H2. The molecular weight excluding hydrogens is 256 g/mol. The lowest BCUT2D eigenvalue weighted by molar-refractivity contribution is 0.618. The highest BCUT2D eigenvalue weighted by Gasteiger charge is 2.22. The summed E-state index contributed by atoms with van der Waals surface area (Å²) in [6, 6.07) is 18.4. The third-order valence-corrected chi connectivity index (χ3v) is 3.67. The molecule has 2 aromatic carbocycles. The molecule has 0 saturated carbocycles. The predicted molar refractivity (Wildman–Crippen MR) is 79.8 cm³/mol. The van der Waals surface area contributed by atoms with Gasteiger partial charge in [0.2, 0.25) is 0 Å². The zero-order chi connectivity index (χ0) is 13.1. The molecule has 1 atom stereocenters. The Balaban J connectivity index is 1.98. The molecule has 3 rings (SSSR count). The largest absolute Gasteiger partial charge is 0.310 e. The van der Waals surface area contributed by atoms with E-state index < -0.39 is 0 Å². The Morgan fingerprint density at radius 1 is 1.00 bits per heavy atom. The fraction of sp³-hybridized carbons (Fsp3) is 0.188. The van der Waals surface area contributed by atoms with Gasteiger partial charge < -0.3 is 5.43 Å². The minimum Gasteiger partial charge on any atom is -0.310 e. The van der Waals surface area contributed by atoms with Crippen LogP contribution in [0.4, 0.5) is 0 Å². The summed E-state index contributed by atoms with van der Waals surface area (Å²) in [6.45, 7) is 0.913. The van der Waals surface area contributed by atoms with Crippen molar-refractivity contribution in [3.8, 4) is 0 Å². The zero-order valence-electron chi connectivity index (χ0n) is 10.5. The minimum absolute atomic E-state index is 0.351. The topological polar surface area (TPSA) is 24.4 Å². The van der Waals surface area contributed by atoms with Crippen LogP contribution in [0.25, 0.3) is 0 Å². The summed E-state index contributed by atoms with van der Waals surface area (Å²) in [4.78, 5) is 0. The maximum Gasteiger partial charge on any atom is 0.0750 e. The number of hydrazone groups is 1. The summed E-state index contributed by atoms with van der Waals surface area (Å²) in [6.07, 6.45) is 1.06. The third-order valence-electron chi connectivity index (χ3n) is 3.42. The molecule has 1 N–H and O–H groups in total. The van der Waals surface area contributed by atoms with E-state index in [0.717, 1.165) is 29.3 Å². The first-order valence-corrected chi connectivity index (χ1v) is 6.84. The molecule has 0 aromatic heterocycles. The molecule has 0 bridgehead atoms. The van der Waals surface area contributed by atoms with Gasteiger partial charge in [-0.3, -0.25) is 0 Å². The van der Waals surface area contributed by atoms with Crippen LogP contribution in [0.3, 0.4) is 0 Å². The number of benzene rings is 2. The van der Waals surface area contributed by atoms with Crippen LogP contribution in [0.1, 0.15) is 23.5 Å². The molecule has 19 heavy (non-hydrogen) atoms. The van der Waals surface area contributed by atoms with E-state index in [9.17, 15) is 0 Å². The number of nitrogens with zero attached hydrogens (tertiary/aromatic N) is 1. The Labute approximate surface area is 118 Å². The van der Waals surface area contributed by atoms with E-state index in [0.29, 0.717) is 5.92 Å². The predicted octanol–water partition coefficient (Wildman–Crippen LogP) is 3.82. The number of hydrogen-bond donors (Lipinski definition) is 1. The van der Waals surface area contributed by atoms with Crippen LogP contribution in [0.15, 0.2) is 59.7 Å². The van der Waals surface area contributed by atoms with E-state index in [2.05, 4.69) is 34.8 Å². The smallest absolute Gasteiger partial charge is 0.0750 e. The number of halogens is 1. The molecule has 2 nitrogen and oxygen atoms in total. The Morgan fingerprint density at radius 3 is 2.47 bits per heavy atom. The monoisotopic (exact) mass is 270 g/mol. The van der Waals surface area contributed by atoms with Crippen LogP contribution >= 0.6 is 11.6 Å². The molecule has 1 unspecified atom stereocenters. The van der Waals surface area contributed by atoms with Crippen molar-refractivity contribution in [3.05, 3.63) is 70.7 Å². The normalized spacial score (nSPS) is 18.6. The zero-order valence-corrected chi connectivity index (χ0v) is 11.3. The van der Waals surface area contributed by atoms with Crippen molar-refractivity contribution >= 4 is 17.3 Å². The lowest BCUT2D eigenvalue weighted by atomic mass is 9.86. The van der Waals surface area contributed by atoms with Crippen molar-refractivity contribution < 1.29 is 0 Å². The van der Waals surface area contributed by atoms with E-state index in [4.69, 9.17) is 11.6 Å². The SMILES string of the molecule is Clc1ccc(C2=NNCCC2c2ccccc2)cc1. The molecule has 1 heterocycles. The summed E-state index contributed by atoms with van der Waals surface area (Å²) in [5.74, 6) is 0.351. The molecule has 0 saturated heterocycles. The van der Waals surface area contributed by atoms with Crippen LogP contribution in [0, 0.1) is 0 Å². The number of nitrogens with one attached hydrogen (secondary N) is 1. The van der Waals surface area contributed by atoms with Crippen LogP contribution in [0.2, 0.25) is 5.02 Å². The number of rotatable bonds is 2. The average Bonchev–Trinajstić information content (AvgIpc) is 2.49. The van der Waals surface area contributed by atoms with Crippen LogP contribution in [0.5, 0.6) is 0 Å². The van der Waals surface area contributed by atoms with Gasteiger partial charge in [0, 0.05) is 17.5 Å². The molecule has 0 fully saturated rings. The van der Waals surface area contributed by atoms with Gasteiger partial charge in [0.15, 0.2) is 0 Å². The van der Waals surface area contributed by atoms with Gasteiger partial charge in [0.25, 0.3) is 0 Å². The molecule has 3 heteroatoms. The Hall–Kier alpha value is -1.80. The van der Waals surface area contributed by atoms with Gasteiger partial charge in [-0.25, -0.2) is 0 Å². The van der Waals surface area contributed by atoms with Crippen molar-refractivity contribution in [2.24, 2.45) is 5.10 Å². The Morgan fingerprint density at radius 2 is 1.74 bits per heavy atom. The van der Waals surface area contributed by atoms with Gasteiger partial charge in [0.05, 0.1) is 5.71 Å². The highest BCUT2D eigenvalue weighted by Crippen LogP contribution is 2.27.